The van der Waals surface area contributed by atoms with Crippen LogP contribution in [0.15, 0.2) is 24.3 Å². The first-order valence-corrected chi connectivity index (χ1v) is 4.49. The van der Waals surface area contributed by atoms with Crippen molar-refractivity contribution in [3.63, 3.8) is 0 Å². The number of anilines is 1. The Labute approximate surface area is 84.3 Å². The molecule has 1 aromatic carbocycles. The molecule has 0 aromatic heterocycles. The average Bonchev–Trinajstić information content (AvgIpc) is 2.15. The molecule has 0 amide bonds. The molecule has 0 fully saturated rings. The van der Waals surface area contributed by atoms with Gasteiger partial charge < -0.3 is 9.64 Å². The molecule has 0 heterocycles. The van der Waals surface area contributed by atoms with E-state index < -0.39 is 0 Å². The lowest BCUT2D eigenvalue weighted by molar-refractivity contribution is -0.118. The number of carbonyl (C=O) groups excluding carboxylic acids is 1. The first kappa shape index (κ1) is 10.6. The second kappa shape index (κ2) is 4.65. The van der Waals surface area contributed by atoms with Crippen LogP contribution in [0.4, 0.5) is 5.69 Å². The highest BCUT2D eigenvalue weighted by molar-refractivity contribution is 5.77. The molecule has 0 aliphatic rings. The zero-order chi connectivity index (χ0) is 10.6. The van der Waals surface area contributed by atoms with Crippen molar-refractivity contribution in [1.82, 2.24) is 0 Å². The van der Waals surface area contributed by atoms with Crippen molar-refractivity contribution >= 4 is 11.5 Å². The van der Waals surface area contributed by atoms with Crippen molar-refractivity contribution < 1.29 is 9.53 Å². The van der Waals surface area contributed by atoms with E-state index in [1.807, 2.05) is 43.3 Å². The second-order valence-corrected chi connectivity index (χ2v) is 3.38. The maximum atomic E-state index is 10.7. The predicted molar refractivity (Wildman–Crippen MR) is 56.9 cm³/mol. The quantitative estimate of drug-likeness (QED) is 0.729. The topological polar surface area (TPSA) is 29.5 Å². The van der Waals surface area contributed by atoms with Gasteiger partial charge in [0.05, 0.1) is 0 Å². The molecule has 1 rings (SSSR count). The highest BCUT2D eigenvalue weighted by Crippen LogP contribution is 2.18. The molecule has 0 saturated carbocycles. The summed E-state index contributed by atoms with van der Waals surface area (Å²) in [6.07, 6.45) is 0. The number of nitrogens with zero attached hydrogens (tertiary/aromatic N) is 1. The van der Waals surface area contributed by atoms with Gasteiger partial charge in [-0.1, -0.05) is 6.07 Å². The van der Waals surface area contributed by atoms with Crippen molar-refractivity contribution in [2.24, 2.45) is 0 Å². The van der Waals surface area contributed by atoms with Crippen LogP contribution in [-0.2, 0) is 4.79 Å². The maximum absolute atomic E-state index is 10.7. The van der Waals surface area contributed by atoms with E-state index >= 15 is 0 Å². The van der Waals surface area contributed by atoms with Gasteiger partial charge in [-0.25, -0.2) is 0 Å². The molecular weight excluding hydrogens is 178 g/mol. The summed E-state index contributed by atoms with van der Waals surface area (Å²) in [5.41, 5.74) is 1.06. The first-order valence-electron chi connectivity index (χ1n) is 4.49. The van der Waals surface area contributed by atoms with E-state index in [2.05, 4.69) is 0 Å². The minimum Gasteiger partial charge on any atom is -0.486 e. The number of Topliss-reactive ketones (excluding diaryl/α,β-unsaturated/α-hetero) is 1. The van der Waals surface area contributed by atoms with E-state index in [1.165, 1.54) is 6.92 Å². The summed E-state index contributed by atoms with van der Waals surface area (Å²) >= 11 is 0. The summed E-state index contributed by atoms with van der Waals surface area (Å²) < 4.78 is 5.28. The summed E-state index contributed by atoms with van der Waals surface area (Å²) in [6, 6.07) is 7.64. The number of hydrogen-bond donors (Lipinski definition) is 0. The molecule has 3 nitrogen and oxygen atoms in total. The Morgan fingerprint density at radius 3 is 2.71 bits per heavy atom. The molecule has 0 radical (unpaired) electrons. The lowest BCUT2D eigenvalue weighted by Crippen LogP contribution is -2.10. The summed E-state index contributed by atoms with van der Waals surface area (Å²) in [7, 11) is 3.92. The summed E-state index contributed by atoms with van der Waals surface area (Å²) in [6.45, 7) is 1.65. The van der Waals surface area contributed by atoms with E-state index in [-0.39, 0.29) is 12.4 Å². The van der Waals surface area contributed by atoms with Gasteiger partial charge in [-0.05, 0) is 19.1 Å². The predicted octanol–water partition coefficient (Wildman–Crippen LogP) is 1.72. The third-order valence-corrected chi connectivity index (χ3v) is 1.78. The van der Waals surface area contributed by atoms with Gasteiger partial charge in [-0.15, -0.1) is 0 Å². The minimum absolute atomic E-state index is 0.0280. The molecule has 0 N–H and O–H groups in total. The van der Waals surface area contributed by atoms with Gasteiger partial charge in [-0.2, -0.15) is 0 Å². The first-order chi connectivity index (χ1) is 6.59. The summed E-state index contributed by atoms with van der Waals surface area (Å²) in [5, 5.41) is 0. The molecule has 1 aromatic rings. The molecule has 0 spiro atoms. The van der Waals surface area contributed by atoms with E-state index in [0.717, 1.165) is 11.4 Å². The van der Waals surface area contributed by atoms with Crippen molar-refractivity contribution in [2.45, 2.75) is 6.92 Å². The zero-order valence-corrected chi connectivity index (χ0v) is 8.78. The standard InChI is InChI=1S/C11H15NO2/c1-9(13)8-14-11-6-4-5-10(7-11)12(2)3/h4-7H,8H2,1-3H3. The van der Waals surface area contributed by atoms with Gasteiger partial charge >= 0.3 is 0 Å². The Morgan fingerprint density at radius 1 is 1.43 bits per heavy atom. The summed E-state index contributed by atoms with van der Waals surface area (Å²) in [4.78, 5) is 12.7. The SMILES string of the molecule is CC(=O)COc1cccc(N(C)C)c1. The van der Waals surface area contributed by atoms with Crippen molar-refractivity contribution in [2.75, 3.05) is 25.6 Å². The largest absolute Gasteiger partial charge is 0.486 e. The van der Waals surface area contributed by atoms with Gasteiger partial charge in [-0.3, -0.25) is 4.79 Å². The van der Waals surface area contributed by atoms with Gasteiger partial charge in [0.15, 0.2) is 5.78 Å². The van der Waals surface area contributed by atoms with Crippen LogP contribution in [-0.4, -0.2) is 26.5 Å². The Bertz CT molecular complexity index is 321. The molecule has 14 heavy (non-hydrogen) atoms. The van der Waals surface area contributed by atoms with Crippen LogP contribution in [0.1, 0.15) is 6.92 Å². The van der Waals surface area contributed by atoms with Crippen molar-refractivity contribution in [3.8, 4) is 5.75 Å². The van der Waals surface area contributed by atoms with Crippen LogP contribution < -0.4 is 9.64 Å². The van der Waals surface area contributed by atoms with Gasteiger partial charge in [0.25, 0.3) is 0 Å². The fraction of sp³-hybridized carbons (Fsp3) is 0.364. The van der Waals surface area contributed by atoms with Crippen molar-refractivity contribution in [1.29, 1.82) is 0 Å². The lowest BCUT2D eigenvalue weighted by atomic mass is 10.3. The number of ether oxygens (including phenoxy) is 1. The van der Waals surface area contributed by atoms with E-state index in [4.69, 9.17) is 4.74 Å². The highest BCUT2D eigenvalue weighted by atomic mass is 16.5. The maximum Gasteiger partial charge on any atom is 0.167 e. The second-order valence-electron chi connectivity index (χ2n) is 3.38. The fourth-order valence-electron chi connectivity index (χ4n) is 1.04. The fourth-order valence-corrected chi connectivity index (χ4v) is 1.04. The molecule has 0 bridgehead atoms. The Kier molecular flexibility index (Phi) is 3.51. The number of carbonyl (C=O) groups is 1. The smallest absolute Gasteiger partial charge is 0.167 e. The minimum atomic E-state index is 0.0280. The van der Waals surface area contributed by atoms with E-state index in [0.29, 0.717) is 0 Å². The molecule has 0 aliphatic heterocycles. The van der Waals surface area contributed by atoms with Crippen LogP contribution >= 0.6 is 0 Å². The molecule has 0 aliphatic carbocycles. The number of rotatable bonds is 4. The average molecular weight is 193 g/mol. The van der Waals surface area contributed by atoms with Crippen LogP contribution in [0, 0.1) is 0 Å². The molecule has 0 saturated heterocycles. The van der Waals surface area contributed by atoms with Gasteiger partial charge in [0.1, 0.15) is 12.4 Å². The molecule has 3 heteroatoms. The van der Waals surface area contributed by atoms with E-state index in [1.54, 1.807) is 0 Å². The third kappa shape index (κ3) is 3.09. The Balaban J connectivity index is 2.68. The van der Waals surface area contributed by atoms with Crippen LogP contribution in [0.2, 0.25) is 0 Å². The van der Waals surface area contributed by atoms with Gasteiger partial charge in [0.2, 0.25) is 0 Å². The van der Waals surface area contributed by atoms with E-state index in [9.17, 15) is 4.79 Å². The normalized spacial score (nSPS) is 9.64. The molecule has 0 atom stereocenters. The molecular formula is C11H15NO2. The summed E-state index contributed by atoms with van der Waals surface area (Å²) in [5.74, 6) is 0.756. The van der Waals surface area contributed by atoms with Crippen LogP contribution in [0.3, 0.4) is 0 Å². The monoisotopic (exact) mass is 193 g/mol. The number of benzene rings is 1. The molecule has 0 unspecified atom stereocenters. The molecule has 76 valence electrons. The Hall–Kier alpha value is -1.51. The van der Waals surface area contributed by atoms with Crippen LogP contribution in [0.5, 0.6) is 5.75 Å². The van der Waals surface area contributed by atoms with Gasteiger partial charge in [0, 0.05) is 25.8 Å². The third-order valence-electron chi connectivity index (χ3n) is 1.78. The lowest BCUT2D eigenvalue weighted by Gasteiger charge is -2.13. The zero-order valence-electron chi connectivity index (χ0n) is 8.78. The van der Waals surface area contributed by atoms with Crippen molar-refractivity contribution in [3.05, 3.63) is 24.3 Å². The highest BCUT2D eigenvalue weighted by Gasteiger charge is 1.99. The van der Waals surface area contributed by atoms with Crippen LogP contribution in [0.25, 0.3) is 0 Å². The number of hydrogen-bond acceptors (Lipinski definition) is 3. The number of ketones is 1. The Morgan fingerprint density at radius 2 is 2.14 bits per heavy atom.